The average Bonchev–Trinajstić information content (AvgIpc) is 3.15. The molecule has 2 N–H and O–H groups in total. The molecule has 0 bridgehead atoms. The van der Waals surface area contributed by atoms with Gasteiger partial charge < -0.3 is 67.4 Å². The minimum absolute atomic E-state index is 0.000830. The second kappa shape index (κ2) is 23.6. The average molecular weight is 861 g/mol. The first-order valence-corrected chi connectivity index (χ1v) is 21.3. The Balaban J connectivity index is 2.04. The van der Waals surface area contributed by atoms with Crippen LogP contribution >= 0.6 is 0 Å². The van der Waals surface area contributed by atoms with Crippen molar-refractivity contribution < 1.29 is 76.8 Å². The highest BCUT2D eigenvalue weighted by atomic mass is 16.7. The summed E-state index contributed by atoms with van der Waals surface area (Å²) in [6.45, 7) is 14.1. The third-order valence-corrected chi connectivity index (χ3v) is 11.7. The molecule has 346 valence electrons. The Morgan fingerprint density at radius 2 is 1.62 bits per heavy atom. The van der Waals surface area contributed by atoms with E-state index >= 15 is 0 Å². The van der Waals surface area contributed by atoms with Gasteiger partial charge in [0.15, 0.2) is 24.3 Å². The van der Waals surface area contributed by atoms with Gasteiger partial charge in [0, 0.05) is 52.8 Å². The van der Waals surface area contributed by atoms with Crippen molar-refractivity contribution in [1.29, 1.82) is 0 Å². The van der Waals surface area contributed by atoms with Gasteiger partial charge in [-0.3, -0.25) is 19.2 Å². The van der Waals surface area contributed by atoms with E-state index in [2.05, 4.69) is 0 Å². The summed E-state index contributed by atoms with van der Waals surface area (Å²) in [6.07, 6.45) is -10.8. The molecule has 0 aromatic heterocycles. The van der Waals surface area contributed by atoms with Crippen molar-refractivity contribution in [1.82, 2.24) is 9.80 Å². The fourth-order valence-electron chi connectivity index (χ4n) is 8.53. The first-order valence-electron chi connectivity index (χ1n) is 21.3. The van der Waals surface area contributed by atoms with Crippen LogP contribution in [-0.2, 0) is 66.6 Å². The van der Waals surface area contributed by atoms with Crippen LogP contribution in [0.2, 0.25) is 0 Å². The number of aliphatic hydroxyl groups excluding tert-OH is 2. The fraction of sp³-hybridized carbons (Fsp3) is 0.881. The van der Waals surface area contributed by atoms with E-state index in [0.717, 1.165) is 6.29 Å². The number of rotatable bonds is 13. The number of aliphatic hydroxyl groups is 2. The molecule has 0 radical (unpaired) electrons. The van der Waals surface area contributed by atoms with Crippen molar-refractivity contribution in [3.05, 3.63) is 0 Å². The van der Waals surface area contributed by atoms with E-state index in [1.165, 1.54) is 14.0 Å². The summed E-state index contributed by atoms with van der Waals surface area (Å²) in [5.41, 5.74) is -1.31. The van der Waals surface area contributed by atoms with Crippen molar-refractivity contribution in [2.75, 3.05) is 41.3 Å². The molecule has 0 unspecified atom stereocenters. The number of esters is 4. The second-order valence-corrected chi connectivity index (χ2v) is 17.1. The van der Waals surface area contributed by atoms with Crippen LogP contribution in [0.3, 0.4) is 0 Å². The summed E-state index contributed by atoms with van der Waals surface area (Å²) in [5, 5.41) is 23.5. The molecule has 0 spiro atoms. The Labute approximate surface area is 355 Å². The fourth-order valence-corrected chi connectivity index (χ4v) is 8.53. The molecule has 3 fully saturated rings. The predicted octanol–water partition coefficient (Wildman–Crippen LogP) is 2.16. The summed E-state index contributed by atoms with van der Waals surface area (Å²) >= 11 is 0. The van der Waals surface area contributed by atoms with E-state index in [1.807, 2.05) is 18.9 Å². The van der Waals surface area contributed by atoms with E-state index in [1.54, 1.807) is 60.5 Å². The maximum atomic E-state index is 13.4. The van der Waals surface area contributed by atoms with Crippen LogP contribution in [0.4, 0.5) is 0 Å². The number of carbonyl (C=O) groups is 5. The van der Waals surface area contributed by atoms with E-state index in [-0.39, 0.29) is 44.4 Å². The Morgan fingerprint density at radius 3 is 2.20 bits per heavy atom. The predicted molar refractivity (Wildman–Crippen MR) is 214 cm³/mol. The van der Waals surface area contributed by atoms with Crippen molar-refractivity contribution in [2.45, 2.75) is 186 Å². The van der Waals surface area contributed by atoms with E-state index in [0.29, 0.717) is 19.5 Å². The maximum absolute atomic E-state index is 13.4. The van der Waals surface area contributed by atoms with Crippen molar-refractivity contribution in [3.8, 4) is 0 Å². The molecule has 3 heterocycles. The van der Waals surface area contributed by atoms with Gasteiger partial charge in [0.05, 0.1) is 36.9 Å². The van der Waals surface area contributed by atoms with Crippen LogP contribution in [0.15, 0.2) is 0 Å². The van der Waals surface area contributed by atoms with Gasteiger partial charge in [0.2, 0.25) is 0 Å². The lowest BCUT2D eigenvalue weighted by molar-refractivity contribution is -0.344. The molecular formula is C42H72N2O16. The normalized spacial score (nSPS) is 39.1. The number of carbonyl (C=O) groups excluding carboxylic acids is 5. The molecule has 0 aromatic rings. The summed E-state index contributed by atoms with van der Waals surface area (Å²) in [5.74, 6) is -3.35. The molecule has 18 nitrogen and oxygen atoms in total. The van der Waals surface area contributed by atoms with E-state index in [9.17, 15) is 34.2 Å². The zero-order valence-corrected chi connectivity index (χ0v) is 37.6. The Bertz CT molecular complexity index is 1400. The van der Waals surface area contributed by atoms with E-state index in [4.69, 9.17) is 42.6 Å². The molecule has 0 aliphatic carbocycles. The highest BCUT2D eigenvalue weighted by molar-refractivity contribution is 5.73. The van der Waals surface area contributed by atoms with E-state index < -0.39 is 115 Å². The lowest BCUT2D eigenvalue weighted by atomic mass is 9.82. The smallest absolute Gasteiger partial charge is 0.309 e. The number of β-amino-alcohol motifs (C(OH)–C–C–N with tert-alkyl or cyclic N) is 1. The van der Waals surface area contributed by atoms with Crippen molar-refractivity contribution in [2.24, 2.45) is 11.8 Å². The molecule has 3 saturated heterocycles. The number of cyclic esters (lactones) is 1. The number of methoxy groups -OCH3 is 1. The zero-order chi connectivity index (χ0) is 45.1. The lowest BCUT2D eigenvalue weighted by Crippen LogP contribution is -2.66. The first kappa shape index (κ1) is 51.5. The Hall–Kier alpha value is -2.81. The summed E-state index contributed by atoms with van der Waals surface area (Å²) < 4.78 is 54.9. The van der Waals surface area contributed by atoms with Crippen LogP contribution in [0.5, 0.6) is 0 Å². The molecule has 60 heavy (non-hydrogen) atoms. The minimum atomic E-state index is -1.41. The van der Waals surface area contributed by atoms with Crippen LogP contribution < -0.4 is 0 Å². The third kappa shape index (κ3) is 14.1. The van der Waals surface area contributed by atoms with Crippen LogP contribution in [-0.4, -0.2) is 177 Å². The first-order chi connectivity index (χ1) is 28.2. The number of aldehydes is 1. The van der Waals surface area contributed by atoms with Crippen LogP contribution in [0.25, 0.3) is 0 Å². The van der Waals surface area contributed by atoms with Gasteiger partial charge >= 0.3 is 23.9 Å². The van der Waals surface area contributed by atoms with Gasteiger partial charge in [-0.2, -0.15) is 0 Å². The molecular weight excluding hydrogens is 788 g/mol. The Kier molecular flexibility index (Phi) is 20.3. The second-order valence-electron chi connectivity index (χ2n) is 17.1. The summed E-state index contributed by atoms with van der Waals surface area (Å²) in [7, 11) is 6.73. The Morgan fingerprint density at radius 1 is 0.967 bits per heavy atom. The maximum Gasteiger partial charge on any atom is 0.309 e. The largest absolute Gasteiger partial charge is 0.463 e. The van der Waals surface area contributed by atoms with Crippen LogP contribution in [0.1, 0.15) is 100 Å². The quantitative estimate of drug-likeness (QED) is 0.154. The van der Waals surface area contributed by atoms with Gasteiger partial charge in [-0.25, -0.2) is 0 Å². The number of hydrogen-bond donors (Lipinski definition) is 2. The third-order valence-electron chi connectivity index (χ3n) is 11.7. The highest BCUT2D eigenvalue weighted by Crippen LogP contribution is 2.39. The minimum Gasteiger partial charge on any atom is -0.463 e. The molecule has 3 rings (SSSR count). The van der Waals surface area contributed by atoms with Gasteiger partial charge in [0.25, 0.3) is 0 Å². The molecule has 3 aliphatic rings. The molecule has 16 atom stereocenters. The van der Waals surface area contributed by atoms with Gasteiger partial charge in [-0.1, -0.05) is 20.8 Å². The number of hydrogen-bond acceptors (Lipinski definition) is 18. The van der Waals surface area contributed by atoms with Gasteiger partial charge in [-0.05, 0) is 73.5 Å². The van der Waals surface area contributed by atoms with Gasteiger partial charge in [-0.15, -0.1) is 0 Å². The summed E-state index contributed by atoms with van der Waals surface area (Å²) in [6, 6.07) is -0.803. The van der Waals surface area contributed by atoms with Crippen molar-refractivity contribution >= 4 is 30.2 Å². The van der Waals surface area contributed by atoms with Gasteiger partial charge in [0.1, 0.15) is 36.8 Å². The SMILES string of the molecule is CCC(=O)O[C@@H]1CC(=O)O[C@H](C)CCN(C)C[C@H](O)[C@H](C)C[C@H](CC=O)[C@H](O[C@@H]2O[C@H](C)[C@@H](O[C@H]3C[C@@](C)(OC(C)=O)[C@@H](OC(=O)CC)[C@H](C)O3)[C@H](N(C)C)[C@H]2O)[C@H]1OC. The summed E-state index contributed by atoms with van der Waals surface area (Å²) in [4.78, 5) is 67.0. The topological polar surface area (TPSA) is 215 Å². The zero-order valence-electron chi connectivity index (χ0n) is 37.6. The highest BCUT2D eigenvalue weighted by Gasteiger charge is 2.54. The lowest BCUT2D eigenvalue weighted by Gasteiger charge is -2.50. The number of nitrogens with zero attached hydrogens (tertiary/aromatic N) is 2. The molecule has 0 aromatic carbocycles. The number of ether oxygens (including phenoxy) is 9. The standard InChI is InChI=1S/C42H72N2O16/c1-13-31(48)56-30-20-33(50)53-24(4)15-17-44(11)22-29(47)23(3)19-28(16-18-45)38(39(30)52-12)59-41-36(51)35(43(9)10)37(25(5)55-41)58-34-21-42(8,60-27(7)46)40(26(6)54-34)57-32(49)14-2/h18,23-26,28-30,34-41,47,51H,13-17,19-22H2,1-12H3/t23-,24-,25-,26+,28+,29+,30-,34+,35-,36-,37-,38+,39+,40+,41+,42-/m1/s1. The monoisotopic (exact) mass is 860 g/mol. The molecule has 0 saturated carbocycles. The van der Waals surface area contributed by atoms with Crippen LogP contribution in [0, 0.1) is 11.8 Å². The molecule has 3 aliphatic heterocycles. The molecule has 0 amide bonds. The number of likely N-dealkylation sites (N-methyl/N-ethyl adjacent to an activating group) is 2. The molecule has 18 heteroatoms. The van der Waals surface area contributed by atoms with Crippen molar-refractivity contribution in [3.63, 3.8) is 0 Å².